The van der Waals surface area contributed by atoms with Gasteiger partial charge in [-0.3, -0.25) is 4.98 Å². The van der Waals surface area contributed by atoms with Crippen molar-refractivity contribution in [2.75, 3.05) is 5.73 Å². The van der Waals surface area contributed by atoms with Gasteiger partial charge in [-0.1, -0.05) is 17.8 Å². The van der Waals surface area contributed by atoms with Crippen LogP contribution in [0.25, 0.3) is 11.1 Å². The summed E-state index contributed by atoms with van der Waals surface area (Å²) in [6, 6.07) is 9.41. The Hall–Kier alpha value is -2.01. The maximum atomic E-state index is 5.70. The van der Waals surface area contributed by atoms with E-state index in [1.165, 1.54) is 0 Å². The Morgan fingerprint density at radius 3 is 3.06 bits per heavy atom. The van der Waals surface area contributed by atoms with Crippen LogP contribution in [0.2, 0.25) is 0 Å². The van der Waals surface area contributed by atoms with Crippen LogP contribution in [0, 0.1) is 0 Å². The summed E-state index contributed by atoms with van der Waals surface area (Å²) in [4.78, 5) is 8.45. The summed E-state index contributed by atoms with van der Waals surface area (Å²) in [5, 5.41) is 0.652. The number of benzene rings is 1. The summed E-state index contributed by atoms with van der Waals surface area (Å²) in [6.07, 6.45) is 3.60. The zero-order chi connectivity index (χ0) is 12.4. The normalized spacial score (nSPS) is 10.9. The lowest BCUT2D eigenvalue weighted by molar-refractivity contribution is 0.489. The van der Waals surface area contributed by atoms with E-state index in [1.807, 2.05) is 36.5 Å². The predicted molar refractivity (Wildman–Crippen MR) is 72.2 cm³/mol. The number of hydrogen-bond donors (Lipinski definition) is 1. The van der Waals surface area contributed by atoms with Gasteiger partial charge in [-0.15, -0.1) is 0 Å². The molecule has 0 saturated carbocycles. The van der Waals surface area contributed by atoms with Gasteiger partial charge in [0.25, 0.3) is 5.22 Å². The summed E-state index contributed by atoms with van der Waals surface area (Å²) in [5.74, 6) is 0.788. The molecule has 2 aromatic heterocycles. The average molecular weight is 257 g/mol. The van der Waals surface area contributed by atoms with Gasteiger partial charge in [0, 0.05) is 23.8 Å². The van der Waals surface area contributed by atoms with Crippen LogP contribution in [0.15, 0.2) is 52.4 Å². The highest BCUT2D eigenvalue weighted by molar-refractivity contribution is 7.98. The Labute approximate surface area is 108 Å². The van der Waals surface area contributed by atoms with Gasteiger partial charge >= 0.3 is 0 Å². The average Bonchev–Trinajstić information content (AvgIpc) is 2.79. The number of rotatable bonds is 3. The number of hydrogen-bond acceptors (Lipinski definition) is 5. The molecule has 0 unspecified atom stereocenters. The second kappa shape index (κ2) is 4.70. The molecule has 0 bridgehead atoms. The van der Waals surface area contributed by atoms with Crippen molar-refractivity contribution in [3.05, 3.63) is 48.3 Å². The molecule has 0 aliphatic heterocycles. The van der Waals surface area contributed by atoms with Crippen molar-refractivity contribution in [2.24, 2.45) is 0 Å². The molecule has 3 aromatic rings. The first-order valence-corrected chi connectivity index (χ1v) is 6.47. The lowest BCUT2D eigenvalue weighted by Gasteiger charge is -1.95. The summed E-state index contributed by atoms with van der Waals surface area (Å²) in [6.45, 7) is 0. The van der Waals surface area contributed by atoms with Crippen LogP contribution in [-0.2, 0) is 5.75 Å². The summed E-state index contributed by atoms with van der Waals surface area (Å²) >= 11 is 1.55. The molecule has 1 aromatic carbocycles. The van der Waals surface area contributed by atoms with Crippen LogP contribution in [-0.4, -0.2) is 9.97 Å². The van der Waals surface area contributed by atoms with E-state index in [2.05, 4.69) is 9.97 Å². The first kappa shape index (κ1) is 11.1. The summed E-state index contributed by atoms with van der Waals surface area (Å²) in [7, 11) is 0. The molecule has 2 heterocycles. The van der Waals surface area contributed by atoms with Gasteiger partial charge < -0.3 is 10.2 Å². The number of oxazole rings is 1. The predicted octanol–water partition coefficient (Wildman–Crippen LogP) is 3.10. The number of nitrogen functional groups attached to an aromatic ring is 1. The van der Waals surface area contributed by atoms with Gasteiger partial charge in [0.05, 0.1) is 0 Å². The monoisotopic (exact) mass is 257 g/mol. The van der Waals surface area contributed by atoms with Crippen LogP contribution < -0.4 is 5.73 Å². The molecule has 3 rings (SSSR count). The third kappa shape index (κ3) is 2.31. The van der Waals surface area contributed by atoms with Crippen LogP contribution >= 0.6 is 11.8 Å². The zero-order valence-corrected chi connectivity index (χ0v) is 10.4. The number of anilines is 1. The molecule has 0 aliphatic rings. The maximum absolute atomic E-state index is 5.70. The van der Waals surface area contributed by atoms with Crippen molar-refractivity contribution in [3.63, 3.8) is 0 Å². The van der Waals surface area contributed by atoms with Crippen molar-refractivity contribution < 1.29 is 4.42 Å². The lowest BCUT2D eigenvalue weighted by atomic mass is 10.3. The molecule has 0 radical (unpaired) electrons. The Morgan fingerprint density at radius 2 is 2.22 bits per heavy atom. The molecule has 5 heteroatoms. The molecule has 0 atom stereocenters. The Balaban J connectivity index is 1.79. The minimum Gasteiger partial charge on any atom is -0.431 e. The lowest BCUT2D eigenvalue weighted by Crippen LogP contribution is -1.82. The second-order valence-electron chi connectivity index (χ2n) is 3.86. The minimum atomic E-state index is 0.652. The van der Waals surface area contributed by atoms with Gasteiger partial charge in [0.1, 0.15) is 5.52 Å². The topological polar surface area (TPSA) is 64.9 Å². The molecule has 0 fully saturated rings. The fraction of sp³-hybridized carbons (Fsp3) is 0.0769. The summed E-state index contributed by atoms with van der Waals surface area (Å²) in [5.41, 5.74) is 9.10. The van der Waals surface area contributed by atoms with Gasteiger partial charge in [0.15, 0.2) is 5.58 Å². The third-order valence-corrected chi connectivity index (χ3v) is 3.38. The minimum absolute atomic E-state index is 0.652. The van der Waals surface area contributed by atoms with E-state index in [9.17, 15) is 0 Å². The number of thioether (sulfide) groups is 1. The Kier molecular flexibility index (Phi) is 2.90. The molecule has 90 valence electrons. The number of fused-ring (bicyclic) bond motifs is 1. The fourth-order valence-electron chi connectivity index (χ4n) is 1.61. The SMILES string of the molecule is Nc1ccc2oc(SCc3cccnc3)nc2c1. The van der Waals surface area contributed by atoms with Crippen molar-refractivity contribution >= 4 is 28.5 Å². The zero-order valence-electron chi connectivity index (χ0n) is 9.54. The highest BCUT2D eigenvalue weighted by Gasteiger charge is 2.06. The Bertz CT molecular complexity index is 666. The first-order valence-electron chi connectivity index (χ1n) is 5.49. The molecule has 4 nitrogen and oxygen atoms in total. The molecule has 0 saturated heterocycles. The van der Waals surface area contributed by atoms with E-state index >= 15 is 0 Å². The highest BCUT2D eigenvalue weighted by atomic mass is 32.2. The second-order valence-corrected chi connectivity index (χ2v) is 4.78. The smallest absolute Gasteiger partial charge is 0.257 e. The molecule has 0 amide bonds. The maximum Gasteiger partial charge on any atom is 0.257 e. The van der Waals surface area contributed by atoms with E-state index in [1.54, 1.807) is 18.0 Å². The van der Waals surface area contributed by atoms with Crippen LogP contribution in [0.4, 0.5) is 5.69 Å². The largest absolute Gasteiger partial charge is 0.431 e. The number of aromatic nitrogens is 2. The van der Waals surface area contributed by atoms with Crippen LogP contribution in [0.5, 0.6) is 0 Å². The highest BCUT2D eigenvalue weighted by Crippen LogP contribution is 2.26. The van der Waals surface area contributed by atoms with Gasteiger partial charge in [0.2, 0.25) is 0 Å². The standard InChI is InChI=1S/C13H11N3OS/c14-10-3-4-12-11(6-10)16-13(17-12)18-8-9-2-1-5-15-7-9/h1-7H,8,14H2. The number of pyridine rings is 1. The van der Waals surface area contributed by atoms with Crippen molar-refractivity contribution in [2.45, 2.75) is 11.0 Å². The molecule has 0 aliphatic carbocycles. The van der Waals surface area contributed by atoms with Gasteiger partial charge in [-0.25, -0.2) is 4.98 Å². The van der Waals surface area contributed by atoms with E-state index in [4.69, 9.17) is 10.2 Å². The summed E-state index contributed by atoms with van der Waals surface area (Å²) < 4.78 is 5.62. The number of nitrogens with zero attached hydrogens (tertiary/aromatic N) is 2. The van der Waals surface area contributed by atoms with E-state index in [0.717, 1.165) is 22.4 Å². The molecular weight excluding hydrogens is 246 g/mol. The van der Waals surface area contributed by atoms with Gasteiger partial charge in [-0.2, -0.15) is 0 Å². The van der Waals surface area contributed by atoms with Crippen LogP contribution in [0.1, 0.15) is 5.56 Å². The quantitative estimate of drug-likeness (QED) is 0.577. The Morgan fingerprint density at radius 1 is 1.28 bits per heavy atom. The molecular formula is C13H11N3OS. The molecule has 18 heavy (non-hydrogen) atoms. The first-order chi connectivity index (χ1) is 8.81. The van der Waals surface area contributed by atoms with Crippen molar-refractivity contribution in [1.29, 1.82) is 0 Å². The van der Waals surface area contributed by atoms with E-state index in [0.29, 0.717) is 10.9 Å². The van der Waals surface area contributed by atoms with Crippen molar-refractivity contribution in [1.82, 2.24) is 9.97 Å². The van der Waals surface area contributed by atoms with Gasteiger partial charge in [-0.05, 0) is 29.8 Å². The molecule has 0 spiro atoms. The fourth-order valence-corrected chi connectivity index (χ4v) is 2.39. The molecule has 2 N–H and O–H groups in total. The van der Waals surface area contributed by atoms with Crippen molar-refractivity contribution in [3.8, 4) is 0 Å². The van der Waals surface area contributed by atoms with E-state index in [-0.39, 0.29) is 0 Å². The third-order valence-electron chi connectivity index (χ3n) is 2.48. The van der Waals surface area contributed by atoms with Crippen LogP contribution in [0.3, 0.4) is 0 Å². The number of nitrogens with two attached hydrogens (primary N) is 1. The van der Waals surface area contributed by atoms with E-state index < -0.39 is 0 Å².